The van der Waals surface area contributed by atoms with Gasteiger partial charge >= 0.3 is 0 Å². The zero-order valence-electron chi connectivity index (χ0n) is 13.8. The number of halogens is 1. The maximum atomic E-state index is 13.1. The molecule has 0 radical (unpaired) electrons. The van der Waals surface area contributed by atoms with E-state index < -0.39 is 0 Å². The van der Waals surface area contributed by atoms with Crippen LogP contribution in [0.25, 0.3) is 0 Å². The van der Waals surface area contributed by atoms with Crippen molar-refractivity contribution in [3.63, 3.8) is 0 Å². The molecule has 25 heavy (non-hydrogen) atoms. The zero-order valence-corrected chi connectivity index (χ0v) is 13.8. The van der Waals surface area contributed by atoms with E-state index in [2.05, 4.69) is 9.88 Å². The van der Waals surface area contributed by atoms with Crippen molar-refractivity contribution in [2.24, 2.45) is 0 Å². The van der Waals surface area contributed by atoms with E-state index in [0.717, 1.165) is 13.1 Å². The van der Waals surface area contributed by atoms with Gasteiger partial charge in [-0.15, -0.1) is 0 Å². The quantitative estimate of drug-likeness (QED) is 0.856. The minimum Gasteiger partial charge on any atom is -0.373 e. The van der Waals surface area contributed by atoms with Crippen LogP contribution in [0.2, 0.25) is 0 Å². The molecule has 1 aromatic carbocycles. The van der Waals surface area contributed by atoms with Gasteiger partial charge < -0.3 is 9.64 Å². The van der Waals surface area contributed by atoms with Crippen LogP contribution in [0.1, 0.15) is 15.9 Å². The lowest BCUT2D eigenvalue weighted by Crippen LogP contribution is -2.50. The van der Waals surface area contributed by atoms with E-state index in [4.69, 9.17) is 4.74 Å². The molecule has 0 spiro atoms. The fourth-order valence-corrected chi connectivity index (χ4v) is 3.62. The summed E-state index contributed by atoms with van der Waals surface area (Å²) in [6.45, 7) is 3.55. The Morgan fingerprint density at radius 2 is 1.92 bits per heavy atom. The first-order valence-corrected chi connectivity index (χ1v) is 8.50. The number of amides is 1. The fraction of sp³-hybridized carbons (Fsp3) is 0.368. The molecule has 2 atom stereocenters. The highest BCUT2D eigenvalue weighted by molar-refractivity contribution is 5.94. The van der Waals surface area contributed by atoms with Crippen LogP contribution in [0.3, 0.4) is 0 Å². The van der Waals surface area contributed by atoms with Crippen LogP contribution in [0.4, 0.5) is 4.39 Å². The molecule has 2 aliphatic rings. The summed E-state index contributed by atoms with van der Waals surface area (Å²) in [5.41, 5.74) is 1.72. The lowest BCUT2D eigenvalue weighted by atomic mass is 10.1. The smallest absolute Gasteiger partial charge is 0.254 e. The van der Waals surface area contributed by atoms with Crippen molar-refractivity contribution in [3.05, 3.63) is 65.7 Å². The number of morpholine rings is 1. The molecule has 0 saturated carbocycles. The average Bonchev–Trinajstić information content (AvgIpc) is 3.08. The van der Waals surface area contributed by atoms with Crippen LogP contribution < -0.4 is 0 Å². The van der Waals surface area contributed by atoms with Gasteiger partial charge in [0.05, 0.1) is 18.8 Å². The van der Waals surface area contributed by atoms with Crippen molar-refractivity contribution in [1.82, 2.24) is 14.8 Å². The van der Waals surface area contributed by atoms with Crippen LogP contribution in [0.5, 0.6) is 0 Å². The molecule has 5 nitrogen and oxygen atoms in total. The van der Waals surface area contributed by atoms with Gasteiger partial charge in [0.1, 0.15) is 5.82 Å². The first kappa shape index (κ1) is 16.2. The summed E-state index contributed by atoms with van der Waals surface area (Å²) in [7, 11) is 0. The van der Waals surface area contributed by atoms with E-state index in [-0.39, 0.29) is 23.9 Å². The number of hydrogen-bond donors (Lipinski definition) is 0. The molecule has 3 heterocycles. The molecule has 2 saturated heterocycles. The lowest BCUT2D eigenvalue weighted by Gasteiger charge is -2.36. The van der Waals surface area contributed by atoms with Crippen LogP contribution in [-0.4, -0.2) is 59.1 Å². The first-order valence-electron chi connectivity index (χ1n) is 8.50. The van der Waals surface area contributed by atoms with Gasteiger partial charge in [-0.25, -0.2) is 4.39 Å². The molecule has 0 bridgehead atoms. The number of benzene rings is 1. The maximum Gasteiger partial charge on any atom is 0.254 e. The van der Waals surface area contributed by atoms with Gasteiger partial charge in [-0.2, -0.15) is 0 Å². The molecule has 0 unspecified atom stereocenters. The van der Waals surface area contributed by atoms with Crippen molar-refractivity contribution in [1.29, 1.82) is 0 Å². The highest BCUT2D eigenvalue weighted by Gasteiger charge is 2.41. The SMILES string of the molecule is O=C(c1ccc(F)cc1)N1C[C@@H]2OCCN(Cc3ccncc3)[C@@H]2C1. The highest BCUT2D eigenvalue weighted by Crippen LogP contribution is 2.25. The lowest BCUT2D eigenvalue weighted by molar-refractivity contribution is -0.0503. The fourth-order valence-electron chi connectivity index (χ4n) is 3.62. The third-order valence-electron chi connectivity index (χ3n) is 4.93. The van der Waals surface area contributed by atoms with Crippen LogP contribution >= 0.6 is 0 Å². The van der Waals surface area contributed by atoms with Gasteiger partial charge in [0, 0.05) is 44.1 Å². The van der Waals surface area contributed by atoms with Gasteiger partial charge in [0.15, 0.2) is 0 Å². The predicted molar refractivity (Wildman–Crippen MR) is 90.5 cm³/mol. The largest absolute Gasteiger partial charge is 0.373 e. The van der Waals surface area contributed by atoms with Crippen LogP contribution in [-0.2, 0) is 11.3 Å². The molecule has 0 N–H and O–H groups in total. The number of fused-ring (bicyclic) bond motifs is 1. The number of carbonyl (C=O) groups excluding carboxylic acids is 1. The number of pyridine rings is 1. The Labute approximate surface area is 146 Å². The highest BCUT2D eigenvalue weighted by atomic mass is 19.1. The van der Waals surface area contributed by atoms with E-state index in [1.54, 1.807) is 12.4 Å². The summed E-state index contributed by atoms with van der Waals surface area (Å²) in [6, 6.07) is 9.93. The van der Waals surface area contributed by atoms with E-state index >= 15 is 0 Å². The number of nitrogens with zero attached hydrogens (tertiary/aromatic N) is 3. The molecule has 6 heteroatoms. The van der Waals surface area contributed by atoms with E-state index in [0.29, 0.717) is 25.3 Å². The summed E-state index contributed by atoms with van der Waals surface area (Å²) in [5, 5.41) is 0. The molecule has 1 amide bonds. The molecule has 130 valence electrons. The minimum absolute atomic E-state index is 0.0278. The standard InChI is InChI=1S/C19H20FN3O2/c20-16-3-1-15(2-4-16)19(24)23-12-17-18(13-23)25-10-9-22(17)11-14-5-7-21-8-6-14/h1-8,17-18H,9-13H2/t17-,18+/m1/s1. The minimum atomic E-state index is -0.335. The molecular weight excluding hydrogens is 321 g/mol. The maximum absolute atomic E-state index is 13.1. The third-order valence-corrected chi connectivity index (χ3v) is 4.93. The Morgan fingerprint density at radius 1 is 1.16 bits per heavy atom. The van der Waals surface area contributed by atoms with E-state index in [9.17, 15) is 9.18 Å². The van der Waals surface area contributed by atoms with Crippen molar-refractivity contribution in [2.45, 2.75) is 18.7 Å². The van der Waals surface area contributed by atoms with Crippen molar-refractivity contribution < 1.29 is 13.9 Å². The molecule has 2 fully saturated rings. The summed E-state index contributed by atoms with van der Waals surface area (Å²) in [6.07, 6.45) is 3.62. The van der Waals surface area contributed by atoms with Gasteiger partial charge in [-0.1, -0.05) is 0 Å². The molecule has 2 aromatic rings. The number of hydrogen-bond acceptors (Lipinski definition) is 4. The number of rotatable bonds is 3. The molecule has 4 rings (SSSR count). The summed E-state index contributed by atoms with van der Waals surface area (Å²) in [5.74, 6) is -0.402. The Balaban J connectivity index is 1.47. The second-order valence-electron chi connectivity index (χ2n) is 6.52. The van der Waals surface area contributed by atoms with E-state index in [1.807, 2.05) is 17.0 Å². The summed E-state index contributed by atoms with van der Waals surface area (Å²) in [4.78, 5) is 20.9. The Bertz CT molecular complexity index is 738. The molecular formula is C19H20FN3O2. The molecule has 0 aliphatic carbocycles. The number of ether oxygens (including phenoxy) is 1. The number of likely N-dealkylation sites (tertiary alicyclic amines) is 1. The van der Waals surface area contributed by atoms with E-state index in [1.165, 1.54) is 29.8 Å². The normalized spacial score (nSPS) is 23.5. The van der Waals surface area contributed by atoms with Gasteiger partial charge in [-0.3, -0.25) is 14.7 Å². The number of aromatic nitrogens is 1. The molecule has 1 aromatic heterocycles. The van der Waals surface area contributed by atoms with Gasteiger partial charge in [-0.05, 0) is 42.0 Å². The monoisotopic (exact) mass is 341 g/mol. The first-order chi connectivity index (χ1) is 12.2. The van der Waals surface area contributed by atoms with Gasteiger partial charge in [0.2, 0.25) is 0 Å². The Kier molecular flexibility index (Phi) is 4.46. The third kappa shape index (κ3) is 3.41. The van der Waals surface area contributed by atoms with Crippen molar-refractivity contribution in [3.8, 4) is 0 Å². The summed E-state index contributed by atoms with van der Waals surface area (Å²) < 4.78 is 19.0. The van der Waals surface area contributed by atoms with Crippen molar-refractivity contribution in [2.75, 3.05) is 26.2 Å². The van der Waals surface area contributed by atoms with Crippen molar-refractivity contribution >= 4 is 5.91 Å². The summed E-state index contributed by atoms with van der Waals surface area (Å²) >= 11 is 0. The second kappa shape index (κ2) is 6.90. The van der Waals surface area contributed by atoms with Gasteiger partial charge in [0.25, 0.3) is 5.91 Å². The number of carbonyl (C=O) groups is 1. The Hall–Kier alpha value is -2.31. The zero-order chi connectivity index (χ0) is 17.2. The average molecular weight is 341 g/mol. The second-order valence-corrected chi connectivity index (χ2v) is 6.52. The Morgan fingerprint density at radius 3 is 2.68 bits per heavy atom. The van der Waals surface area contributed by atoms with Crippen LogP contribution in [0.15, 0.2) is 48.8 Å². The topological polar surface area (TPSA) is 45.7 Å². The predicted octanol–water partition coefficient (Wildman–Crippen LogP) is 1.95. The molecule has 2 aliphatic heterocycles. The van der Waals surface area contributed by atoms with Crippen LogP contribution in [0, 0.1) is 5.82 Å².